The molecule has 0 spiro atoms. The van der Waals surface area contributed by atoms with Crippen molar-refractivity contribution in [1.29, 1.82) is 0 Å². The monoisotopic (exact) mass is 368 g/mol. The Kier molecular flexibility index (Phi) is 6.57. The first-order valence-corrected chi connectivity index (χ1v) is 9.74. The molecule has 3 heterocycles. The molecule has 0 unspecified atom stereocenters. The fraction of sp³-hybridized carbons (Fsp3) is 0.500. The zero-order valence-electron chi connectivity index (χ0n) is 16.2. The Morgan fingerprint density at radius 1 is 1.04 bits per heavy atom. The first kappa shape index (κ1) is 19.1. The highest BCUT2D eigenvalue weighted by atomic mass is 16.2. The molecule has 2 aromatic rings. The number of nitrogens with zero attached hydrogens (tertiary/aromatic N) is 6. The number of amides is 1. The van der Waals surface area contributed by atoms with E-state index in [1.165, 1.54) is 0 Å². The summed E-state index contributed by atoms with van der Waals surface area (Å²) < 4.78 is 0. The normalized spacial score (nSPS) is 14.3. The van der Waals surface area contributed by atoms with Crippen LogP contribution in [0, 0.1) is 0 Å². The molecule has 0 N–H and O–H groups in total. The highest BCUT2D eigenvalue weighted by molar-refractivity contribution is 5.95. The second-order valence-corrected chi connectivity index (χ2v) is 6.75. The van der Waals surface area contributed by atoms with Gasteiger partial charge in [0.25, 0.3) is 5.91 Å². The third-order valence-corrected chi connectivity index (χ3v) is 4.72. The Balaban J connectivity index is 1.65. The molecule has 7 nitrogen and oxygen atoms in total. The topological polar surface area (TPSA) is 65.5 Å². The Morgan fingerprint density at radius 2 is 1.70 bits per heavy atom. The lowest BCUT2D eigenvalue weighted by molar-refractivity contribution is 0.0746. The van der Waals surface area contributed by atoms with Crippen molar-refractivity contribution in [3.05, 3.63) is 42.5 Å². The lowest BCUT2D eigenvalue weighted by atomic mass is 10.2. The summed E-state index contributed by atoms with van der Waals surface area (Å²) in [5.41, 5.74) is 1.69. The van der Waals surface area contributed by atoms with Gasteiger partial charge in [0.15, 0.2) is 0 Å². The van der Waals surface area contributed by atoms with Crippen LogP contribution in [0.3, 0.4) is 0 Å². The van der Waals surface area contributed by atoms with Crippen LogP contribution in [0.25, 0.3) is 0 Å². The largest absolute Gasteiger partial charge is 0.370 e. The first-order chi connectivity index (χ1) is 13.2. The molecule has 1 fully saturated rings. The van der Waals surface area contributed by atoms with Crippen molar-refractivity contribution in [2.45, 2.75) is 26.7 Å². The van der Waals surface area contributed by atoms with Gasteiger partial charge >= 0.3 is 0 Å². The molecule has 2 aromatic heterocycles. The molecule has 0 aliphatic carbocycles. The van der Waals surface area contributed by atoms with Crippen molar-refractivity contribution in [1.82, 2.24) is 19.9 Å². The van der Waals surface area contributed by atoms with Gasteiger partial charge in [-0.15, -0.1) is 0 Å². The highest BCUT2D eigenvalue weighted by Gasteiger charge is 2.24. The SMILES string of the molecule is CCCN(CCC)c1cncc(C(=O)N2CCN(c3ncccn3)CC2)c1. The van der Waals surface area contributed by atoms with Crippen LogP contribution in [0.15, 0.2) is 36.9 Å². The smallest absolute Gasteiger partial charge is 0.255 e. The van der Waals surface area contributed by atoms with Gasteiger partial charge in [-0.05, 0) is 25.0 Å². The van der Waals surface area contributed by atoms with Crippen molar-refractivity contribution >= 4 is 17.5 Å². The second kappa shape index (κ2) is 9.30. The summed E-state index contributed by atoms with van der Waals surface area (Å²) >= 11 is 0. The minimum absolute atomic E-state index is 0.0472. The molecule has 7 heteroatoms. The van der Waals surface area contributed by atoms with Crippen LogP contribution >= 0.6 is 0 Å². The first-order valence-electron chi connectivity index (χ1n) is 9.74. The number of rotatable bonds is 7. The summed E-state index contributed by atoms with van der Waals surface area (Å²) in [4.78, 5) is 32.2. The van der Waals surface area contributed by atoms with E-state index in [1.54, 1.807) is 18.6 Å². The Hall–Kier alpha value is -2.70. The number of anilines is 2. The number of hydrogen-bond donors (Lipinski definition) is 0. The van der Waals surface area contributed by atoms with Crippen molar-refractivity contribution in [3.8, 4) is 0 Å². The maximum Gasteiger partial charge on any atom is 0.255 e. The molecule has 1 saturated heterocycles. The zero-order chi connectivity index (χ0) is 19.1. The molecule has 0 saturated carbocycles. The lowest BCUT2D eigenvalue weighted by Gasteiger charge is -2.34. The summed E-state index contributed by atoms with van der Waals surface area (Å²) in [7, 11) is 0. The van der Waals surface area contributed by atoms with E-state index in [2.05, 4.69) is 38.6 Å². The van der Waals surface area contributed by atoms with Crippen LogP contribution < -0.4 is 9.80 Å². The van der Waals surface area contributed by atoms with Crippen molar-refractivity contribution in [3.63, 3.8) is 0 Å². The summed E-state index contributed by atoms with van der Waals surface area (Å²) in [5, 5.41) is 0. The molecule has 0 aromatic carbocycles. The molecule has 0 atom stereocenters. The van der Waals surface area contributed by atoms with E-state index >= 15 is 0 Å². The number of pyridine rings is 1. The highest BCUT2D eigenvalue weighted by Crippen LogP contribution is 2.18. The van der Waals surface area contributed by atoms with Gasteiger partial charge in [0.2, 0.25) is 5.95 Å². The zero-order valence-corrected chi connectivity index (χ0v) is 16.2. The van der Waals surface area contributed by atoms with E-state index in [-0.39, 0.29) is 5.91 Å². The summed E-state index contributed by atoms with van der Waals surface area (Å²) in [6, 6.07) is 3.79. The van der Waals surface area contributed by atoms with Gasteiger partial charge < -0.3 is 14.7 Å². The molecular formula is C20H28N6O. The van der Waals surface area contributed by atoms with Gasteiger partial charge in [-0.25, -0.2) is 9.97 Å². The number of piperazine rings is 1. The molecule has 1 amide bonds. The molecule has 27 heavy (non-hydrogen) atoms. The molecule has 0 bridgehead atoms. The van der Waals surface area contributed by atoms with E-state index in [4.69, 9.17) is 0 Å². The number of hydrogen-bond acceptors (Lipinski definition) is 6. The van der Waals surface area contributed by atoms with Gasteiger partial charge in [-0.2, -0.15) is 0 Å². The summed E-state index contributed by atoms with van der Waals surface area (Å²) in [6.45, 7) is 9.08. The van der Waals surface area contributed by atoms with Gasteiger partial charge in [-0.1, -0.05) is 13.8 Å². The molecule has 144 valence electrons. The predicted octanol–water partition coefficient (Wildman–Crippen LogP) is 2.46. The number of carbonyl (C=O) groups is 1. The van der Waals surface area contributed by atoms with Crippen LogP contribution in [0.5, 0.6) is 0 Å². The van der Waals surface area contributed by atoms with Crippen LogP contribution in [-0.2, 0) is 0 Å². The molecular weight excluding hydrogens is 340 g/mol. The predicted molar refractivity (Wildman–Crippen MR) is 107 cm³/mol. The van der Waals surface area contributed by atoms with E-state index in [0.717, 1.165) is 50.7 Å². The van der Waals surface area contributed by atoms with Crippen molar-refractivity contribution in [2.24, 2.45) is 0 Å². The van der Waals surface area contributed by atoms with E-state index in [0.29, 0.717) is 18.7 Å². The van der Waals surface area contributed by atoms with Crippen molar-refractivity contribution < 1.29 is 4.79 Å². The van der Waals surface area contributed by atoms with Crippen LogP contribution in [0.4, 0.5) is 11.6 Å². The maximum atomic E-state index is 13.0. The van der Waals surface area contributed by atoms with Crippen LogP contribution in [0.2, 0.25) is 0 Å². The van der Waals surface area contributed by atoms with Crippen molar-refractivity contribution in [2.75, 3.05) is 49.1 Å². The van der Waals surface area contributed by atoms with Crippen LogP contribution in [-0.4, -0.2) is 65.0 Å². The average molecular weight is 368 g/mol. The van der Waals surface area contributed by atoms with Gasteiger partial charge in [0.1, 0.15) is 0 Å². The van der Waals surface area contributed by atoms with Gasteiger partial charge in [0, 0.05) is 57.9 Å². The van der Waals surface area contributed by atoms with E-state index < -0.39 is 0 Å². The third-order valence-electron chi connectivity index (χ3n) is 4.72. The average Bonchev–Trinajstić information content (AvgIpc) is 2.74. The summed E-state index contributed by atoms with van der Waals surface area (Å²) in [5.74, 6) is 0.772. The fourth-order valence-corrected chi connectivity index (χ4v) is 3.37. The number of carbonyl (C=O) groups excluding carboxylic acids is 1. The number of aromatic nitrogens is 3. The molecule has 0 radical (unpaired) electrons. The fourth-order valence-electron chi connectivity index (χ4n) is 3.37. The molecule has 1 aliphatic heterocycles. The Labute approximate surface area is 161 Å². The van der Waals surface area contributed by atoms with Gasteiger partial charge in [-0.3, -0.25) is 9.78 Å². The van der Waals surface area contributed by atoms with Gasteiger partial charge in [0.05, 0.1) is 17.4 Å². The summed E-state index contributed by atoms with van der Waals surface area (Å²) in [6.07, 6.45) is 9.16. The lowest BCUT2D eigenvalue weighted by Crippen LogP contribution is -2.49. The molecule has 1 aliphatic rings. The third kappa shape index (κ3) is 4.72. The minimum Gasteiger partial charge on any atom is -0.370 e. The standard InChI is InChI=1S/C20H28N6O/c1-3-8-24(9-4-2)18-14-17(15-21-16-18)19(27)25-10-12-26(13-11-25)20-22-6-5-7-23-20/h5-7,14-16H,3-4,8-13H2,1-2H3. The second-order valence-electron chi connectivity index (χ2n) is 6.75. The molecule has 3 rings (SSSR count). The van der Waals surface area contributed by atoms with E-state index in [1.807, 2.05) is 23.2 Å². The maximum absolute atomic E-state index is 13.0. The van der Waals surface area contributed by atoms with Crippen LogP contribution in [0.1, 0.15) is 37.0 Å². The Morgan fingerprint density at radius 3 is 2.33 bits per heavy atom. The Bertz CT molecular complexity index is 724. The minimum atomic E-state index is 0.0472. The quantitative estimate of drug-likeness (QED) is 0.748. The van der Waals surface area contributed by atoms with E-state index in [9.17, 15) is 4.79 Å².